The molecule has 28 heavy (non-hydrogen) atoms. The maximum Gasteiger partial charge on any atom is 0.433 e. The van der Waals surface area contributed by atoms with E-state index in [1.165, 1.54) is 12.1 Å². The number of nitrogens with one attached hydrogen (secondary N) is 2. The maximum absolute atomic E-state index is 12.9. The molecule has 7 nitrogen and oxygen atoms in total. The van der Waals surface area contributed by atoms with Crippen LogP contribution in [-0.4, -0.2) is 40.6 Å². The number of ether oxygens (including phenoxy) is 1. The second-order valence-corrected chi connectivity index (χ2v) is 8.09. The molecule has 0 radical (unpaired) electrons. The van der Waals surface area contributed by atoms with E-state index >= 15 is 0 Å². The molecule has 0 spiro atoms. The molecule has 0 aromatic carbocycles. The van der Waals surface area contributed by atoms with Gasteiger partial charge in [0.05, 0.1) is 0 Å². The fourth-order valence-electron chi connectivity index (χ4n) is 3.54. The number of pyridine rings is 1. The first-order valence-electron chi connectivity index (χ1n) is 8.99. The molecule has 2 heterocycles. The molecule has 10 heteroatoms. The van der Waals surface area contributed by atoms with Crippen LogP contribution in [0.4, 0.5) is 18.0 Å². The van der Waals surface area contributed by atoms with Crippen LogP contribution in [0.1, 0.15) is 32.0 Å². The Balaban J connectivity index is 1.45. The quantitative estimate of drug-likeness (QED) is 0.758. The average molecular weight is 400 g/mol. The van der Waals surface area contributed by atoms with E-state index in [2.05, 4.69) is 15.8 Å². The summed E-state index contributed by atoms with van der Waals surface area (Å²) >= 11 is 0. The summed E-state index contributed by atoms with van der Waals surface area (Å²) in [6, 6.07) is 2.71. The van der Waals surface area contributed by atoms with Crippen LogP contribution in [0.15, 0.2) is 18.3 Å². The summed E-state index contributed by atoms with van der Waals surface area (Å²) in [5.41, 5.74) is 3.40. The molecule has 154 valence electrons. The molecule has 1 saturated carbocycles. The number of carbonyl (C=O) groups excluding carboxylic acids is 2. The highest BCUT2D eigenvalue weighted by Gasteiger charge is 2.60. The van der Waals surface area contributed by atoms with Crippen molar-refractivity contribution in [2.75, 3.05) is 13.1 Å². The van der Waals surface area contributed by atoms with E-state index in [1.54, 1.807) is 25.7 Å². The van der Waals surface area contributed by atoms with Gasteiger partial charge in [0.15, 0.2) is 0 Å². The van der Waals surface area contributed by atoms with Crippen molar-refractivity contribution in [3.8, 4) is 0 Å². The Bertz CT molecular complexity index is 751. The minimum absolute atomic E-state index is 0.0533. The molecular weight excluding hydrogens is 377 g/mol. The minimum Gasteiger partial charge on any atom is -0.444 e. The minimum atomic E-state index is -4.55. The van der Waals surface area contributed by atoms with Gasteiger partial charge >= 0.3 is 12.3 Å². The molecule has 1 aromatic heterocycles. The first kappa shape index (κ1) is 20.4. The van der Waals surface area contributed by atoms with Crippen molar-refractivity contribution in [2.45, 2.75) is 39.1 Å². The van der Waals surface area contributed by atoms with E-state index in [9.17, 15) is 22.8 Å². The molecule has 2 N–H and O–H groups in total. The molecule has 3 rings (SSSR count). The third-order valence-corrected chi connectivity index (χ3v) is 4.80. The van der Waals surface area contributed by atoms with Crippen molar-refractivity contribution in [1.29, 1.82) is 0 Å². The van der Waals surface area contributed by atoms with Crippen molar-refractivity contribution in [3.05, 3.63) is 29.6 Å². The van der Waals surface area contributed by atoms with Crippen LogP contribution in [0.2, 0.25) is 0 Å². The van der Waals surface area contributed by atoms with Gasteiger partial charge in [-0.2, -0.15) is 13.2 Å². The molecule has 1 aliphatic heterocycles. The maximum atomic E-state index is 12.9. The summed E-state index contributed by atoms with van der Waals surface area (Å²) in [7, 11) is 0. The first-order valence-corrected chi connectivity index (χ1v) is 8.99. The van der Waals surface area contributed by atoms with E-state index in [0.717, 1.165) is 6.20 Å². The summed E-state index contributed by atoms with van der Waals surface area (Å²) in [5, 5.41) is 0. The van der Waals surface area contributed by atoms with E-state index in [-0.39, 0.29) is 35.8 Å². The highest BCUT2D eigenvalue weighted by atomic mass is 19.4. The average Bonchev–Trinajstić information content (AvgIpc) is 3.06. The summed E-state index contributed by atoms with van der Waals surface area (Å²) in [5.74, 6) is -0.421. The van der Waals surface area contributed by atoms with Crippen LogP contribution in [0.5, 0.6) is 0 Å². The van der Waals surface area contributed by atoms with Gasteiger partial charge in [-0.3, -0.25) is 15.2 Å². The van der Waals surface area contributed by atoms with Crippen LogP contribution in [0.25, 0.3) is 0 Å². The number of amides is 2. The number of fused-ring (bicyclic) bond motifs is 1. The van der Waals surface area contributed by atoms with E-state index < -0.39 is 23.6 Å². The topological polar surface area (TPSA) is 83.6 Å². The molecule has 1 saturated heterocycles. The van der Waals surface area contributed by atoms with Gasteiger partial charge in [0, 0.05) is 31.7 Å². The Labute approximate surface area is 160 Å². The highest BCUT2D eigenvalue weighted by Crippen LogP contribution is 2.51. The van der Waals surface area contributed by atoms with Crippen LogP contribution < -0.4 is 10.9 Å². The molecule has 1 unspecified atom stereocenters. The van der Waals surface area contributed by atoms with E-state index in [4.69, 9.17) is 4.74 Å². The van der Waals surface area contributed by atoms with Crippen LogP contribution in [-0.2, 0) is 22.3 Å². The molecule has 0 bridgehead atoms. The molecule has 2 fully saturated rings. The third-order valence-electron chi connectivity index (χ3n) is 4.80. The summed E-state index contributed by atoms with van der Waals surface area (Å²) in [6.45, 7) is 6.06. The predicted octanol–water partition coefficient (Wildman–Crippen LogP) is 2.33. The molecule has 2 amide bonds. The number of halogens is 3. The van der Waals surface area contributed by atoms with Gasteiger partial charge in [-0.1, -0.05) is 6.07 Å². The number of carbonyl (C=O) groups is 2. The first-order chi connectivity index (χ1) is 13.0. The molecular formula is C18H23F3N4O3. The van der Waals surface area contributed by atoms with Crippen molar-refractivity contribution < 1.29 is 27.5 Å². The molecule has 3 atom stereocenters. The Morgan fingerprint density at radius 3 is 2.46 bits per heavy atom. The lowest BCUT2D eigenvalue weighted by Gasteiger charge is -2.25. The fraction of sp³-hybridized carbons (Fsp3) is 0.611. The van der Waals surface area contributed by atoms with Gasteiger partial charge in [-0.05, 0) is 44.2 Å². The number of piperidine rings is 1. The van der Waals surface area contributed by atoms with Gasteiger partial charge in [0.25, 0.3) is 0 Å². The zero-order valence-corrected chi connectivity index (χ0v) is 15.8. The molecule has 1 aromatic rings. The van der Waals surface area contributed by atoms with Crippen molar-refractivity contribution in [2.24, 2.45) is 17.8 Å². The summed E-state index contributed by atoms with van der Waals surface area (Å²) < 4.78 is 44.1. The van der Waals surface area contributed by atoms with Crippen LogP contribution in [0.3, 0.4) is 0 Å². The van der Waals surface area contributed by atoms with Gasteiger partial charge in [0.1, 0.15) is 11.3 Å². The van der Waals surface area contributed by atoms with Crippen molar-refractivity contribution >= 4 is 12.0 Å². The van der Waals surface area contributed by atoms with Gasteiger partial charge < -0.3 is 9.64 Å². The van der Waals surface area contributed by atoms with Gasteiger partial charge in [-0.15, -0.1) is 0 Å². The lowest BCUT2D eigenvalue weighted by Crippen LogP contribution is -2.42. The summed E-state index contributed by atoms with van der Waals surface area (Å²) in [4.78, 5) is 29.2. The zero-order valence-electron chi connectivity index (χ0n) is 15.8. The lowest BCUT2D eigenvalue weighted by atomic mass is 10.2. The second kappa shape index (κ2) is 7.23. The Morgan fingerprint density at radius 2 is 1.89 bits per heavy atom. The standard InChI is InChI=1S/C18H23F3N4O3/c1-17(2,3)28-16(27)25-8-11-12(9-25)13(11)15(26)24-23-7-10-5-4-6-22-14(10)18(19,20)21/h4-6,11-13,23H,7-9H2,1-3H3,(H,24,26)/t11-,12+,13?. The van der Waals surface area contributed by atoms with Crippen LogP contribution in [0, 0.1) is 17.8 Å². The van der Waals surface area contributed by atoms with Gasteiger partial charge in [-0.25, -0.2) is 10.2 Å². The molecule has 1 aliphatic carbocycles. The monoisotopic (exact) mass is 400 g/mol. The summed E-state index contributed by atoms with van der Waals surface area (Å²) in [6.07, 6.45) is -3.87. The normalized spacial score (nSPS) is 23.9. The molecule has 2 aliphatic rings. The lowest BCUT2D eigenvalue weighted by molar-refractivity contribution is -0.141. The fourth-order valence-corrected chi connectivity index (χ4v) is 3.54. The smallest absolute Gasteiger partial charge is 0.433 e. The number of hydrogen-bond donors (Lipinski definition) is 2. The zero-order chi connectivity index (χ0) is 20.7. The number of alkyl halides is 3. The number of likely N-dealkylation sites (tertiary alicyclic amines) is 1. The van der Waals surface area contributed by atoms with Gasteiger partial charge in [0.2, 0.25) is 5.91 Å². The number of rotatable bonds is 4. The number of hydrazine groups is 1. The van der Waals surface area contributed by atoms with Crippen LogP contribution >= 0.6 is 0 Å². The SMILES string of the molecule is CC(C)(C)OC(=O)N1C[C@@H]2C(C(=O)NNCc3cccnc3C(F)(F)F)[C@@H]2C1. The van der Waals surface area contributed by atoms with Crippen molar-refractivity contribution in [1.82, 2.24) is 20.7 Å². The Morgan fingerprint density at radius 1 is 1.25 bits per heavy atom. The van der Waals surface area contributed by atoms with E-state index in [1.807, 2.05) is 0 Å². The largest absolute Gasteiger partial charge is 0.444 e. The predicted molar refractivity (Wildman–Crippen MR) is 92.5 cm³/mol. The number of hydrogen-bond acceptors (Lipinski definition) is 5. The van der Waals surface area contributed by atoms with E-state index in [0.29, 0.717) is 13.1 Å². The second-order valence-electron chi connectivity index (χ2n) is 8.09. The van der Waals surface area contributed by atoms with Crippen molar-refractivity contribution in [3.63, 3.8) is 0 Å². The number of aromatic nitrogens is 1. The third kappa shape index (κ3) is 4.54. The number of nitrogens with zero attached hydrogens (tertiary/aromatic N) is 2. The Hall–Kier alpha value is -2.36. The highest BCUT2D eigenvalue weighted by molar-refractivity contribution is 5.83. The Kier molecular flexibility index (Phi) is 5.26.